The van der Waals surface area contributed by atoms with E-state index in [1.165, 1.54) is 0 Å². The molecule has 0 fully saturated rings. The number of carbonyl (C=O) groups excluding carboxylic acids is 1. The third-order valence-electron chi connectivity index (χ3n) is 2.27. The first-order chi connectivity index (χ1) is 7.95. The Morgan fingerprint density at radius 1 is 1.41 bits per heavy atom. The van der Waals surface area contributed by atoms with Gasteiger partial charge in [-0.15, -0.1) is 0 Å². The summed E-state index contributed by atoms with van der Waals surface area (Å²) in [5.41, 5.74) is 0.514. The maximum atomic E-state index is 12.0. The summed E-state index contributed by atoms with van der Waals surface area (Å²) in [5, 5.41) is 11.6. The van der Waals surface area contributed by atoms with Crippen LogP contribution in [0.5, 0.6) is 0 Å². The predicted octanol–water partition coefficient (Wildman–Crippen LogP) is 3.49. The number of halogens is 2. The van der Waals surface area contributed by atoms with Gasteiger partial charge in [-0.05, 0) is 40.0 Å². The smallest absolute Gasteiger partial charge is 0.253 e. The number of nitrogens with zero attached hydrogens (tertiary/aromatic N) is 1. The zero-order valence-corrected chi connectivity index (χ0v) is 12.7. The van der Waals surface area contributed by atoms with Crippen LogP contribution in [0.15, 0.2) is 27.1 Å². The Balaban J connectivity index is 2.90. The van der Waals surface area contributed by atoms with Gasteiger partial charge in [0.2, 0.25) is 0 Å². The molecule has 1 aromatic rings. The molecule has 0 aliphatic carbocycles. The van der Waals surface area contributed by atoms with E-state index in [1.54, 1.807) is 12.1 Å². The van der Waals surface area contributed by atoms with Crippen LogP contribution in [0.2, 0.25) is 0 Å². The maximum Gasteiger partial charge on any atom is 0.253 e. The predicted molar refractivity (Wildman–Crippen MR) is 73.5 cm³/mol. The van der Waals surface area contributed by atoms with E-state index in [9.17, 15) is 4.79 Å². The summed E-state index contributed by atoms with van der Waals surface area (Å²) in [5.74, 6) is -0.173. The van der Waals surface area contributed by atoms with Crippen LogP contribution >= 0.6 is 31.9 Å². The van der Waals surface area contributed by atoms with Gasteiger partial charge in [-0.2, -0.15) is 5.26 Å². The highest BCUT2D eigenvalue weighted by atomic mass is 79.9. The van der Waals surface area contributed by atoms with Crippen molar-refractivity contribution in [1.82, 2.24) is 5.32 Å². The SMILES string of the molecule is CC(C)C(C#N)NC(=O)c1cc(Br)ccc1Br. The van der Waals surface area contributed by atoms with E-state index in [-0.39, 0.29) is 11.8 Å². The summed E-state index contributed by atoms with van der Waals surface area (Å²) in [6, 6.07) is 6.94. The minimum atomic E-state index is -0.478. The fourth-order valence-electron chi connectivity index (χ4n) is 1.24. The molecule has 0 heterocycles. The summed E-state index contributed by atoms with van der Waals surface area (Å²) in [6.07, 6.45) is 0. The standard InChI is InChI=1S/C12H12Br2N2O/c1-7(2)11(6-15)16-12(17)9-5-8(13)3-4-10(9)14/h3-5,7,11H,1-2H3,(H,16,17). The first kappa shape index (κ1) is 14.2. The van der Waals surface area contributed by atoms with E-state index in [2.05, 4.69) is 43.2 Å². The minimum Gasteiger partial charge on any atom is -0.336 e. The second kappa shape index (κ2) is 6.18. The quantitative estimate of drug-likeness (QED) is 0.897. The molecule has 90 valence electrons. The van der Waals surface area contributed by atoms with Crippen molar-refractivity contribution in [2.75, 3.05) is 0 Å². The molecule has 0 aliphatic rings. The molecule has 17 heavy (non-hydrogen) atoms. The lowest BCUT2D eigenvalue weighted by molar-refractivity contribution is 0.0937. The van der Waals surface area contributed by atoms with E-state index in [1.807, 2.05) is 19.9 Å². The van der Waals surface area contributed by atoms with Crippen LogP contribution in [0.3, 0.4) is 0 Å². The van der Waals surface area contributed by atoms with Gasteiger partial charge in [0.1, 0.15) is 6.04 Å². The van der Waals surface area contributed by atoms with Crippen LogP contribution in [0.25, 0.3) is 0 Å². The number of nitrogens with one attached hydrogen (secondary N) is 1. The van der Waals surface area contributed by atoms with Crippen molar-refractivity contribution in [3.63, 3.8) is 0 Å². The molecule has 0 spiro atoms. The zero-order valence-electron chi connectivity index (χ0n) is 9.50. The average Bonchev–Trinajstić information content (AvgIpc) is 2.28. The van der Waals surface area contributed by atoms with Gasteiger partial charge in [0, 0.05) is 8.95 Å². The Kier molecular flexibility index (Phi) is 5.16. The number of hydrogen-bond acceptors (Lipinski definition) is 2. The molecule has 5 heteroatoms. The average molecular weight is 360 g/mol. The Morgan fingerprint density at radius 2 is 2.06 bits per heavy atom. The van der Waals surface area contributed by atoms with Gasteiger partial charge < -0.3 is 5.32 Å². The third-order valence-corrected chi connectivity index (χ3v) is 3.45. The third kappa shape index (κ3) is 3.83. The zero-order chi connectivity index (χ0) is 13.0. The lowest BCUT2D eigenvalue weighted by atomic mass is 10.1. The molecule has 1 rings (SSSR count). The number of rotatable bonds is 3. The molecule has 3 nitrogen and oxygen atoms in total. The van der Waals surface area contributed by atoms with Crippen LogP contribution in [0.1, 0.15) is 24.2 Å². The first-order valence-electron chi connectivity index (χ1n) is 5.11. The van der Waals surface area contributed by atoms with Gasteiger partial charge in [-0.3, -0.25) is 4.79 Å². The molecule has 0 aromatic heterocycles. The highest BCUT2D eigenvalue weighted by molar-refractivity contribution is 9.11. The number of carbonyl (C=O) groups is 1. The summed E-state index contributed by atoms with van der Waals surface area (Å²) in [4.78, 5) is 12.0. The van der Waals surface area contributed by atoms with Gasteiger partial charge in [0.25, 0.3) is 5.91 Å². The molecule has 0 radical (unpaired) electrons. The second-order valence-electron chi connectivity index (χ2n) is 3.95. The number of amides is 1. The van der Waals surface area contributed by atoms with Gasteiger partial charge in [-0.1, -0.05) is 29.8 Å². The Hall–Kier alpha value is -0.860. The topological polar surface area (TPSA) is 52.9 Å². The summed E-state index contributed by atoms with van der Waals surface area (Å²) >= 11 is 6.63. The normalized spacial score (nSPS) is 12.0. The molecule has 0 aliphatic heterocycles. The van der Waals surface area contributed by atoms with Crippen molar-refractivity contribution < 1.29 is 4.79 Å². The minimum absolute atomic E-state index is 0.0786. The molecule has 0 saturated heterocycles. The second-order valence-corrected chi connectivity index (χ2v) is 5.72. The van der Waals surface area contributed by atoms with Crippen molar-refractivity contribution in [2.24, 2.45) is 5.92 Å². The van der Waals surface area contributed by atoms with E-state index in [0.717, 1.165) is 4.47 Å². The lowest BCUT2D eigenvalue weighted by Gasteiger charge is -2.15. The molecule has 1 unspecified atom stereocenters. The van der Waals surface area contributed by atoms with E-state index in [4.69, 9.17) is 5.26 Å². The Morgan fingerprint density at radius 3 is 2.59 bits per heavy atom. The van der Waals surface area contributed by atoms with Crippen LogP contribution in [0, 0.1) is 17.2 Å². The monoisotopic (exact) mass is 358 g/mol. The molecular formula is C12H12Br2N2O. The van der Waals surface area contributed by atoms with Crippen molar-refractivity contribution in [3.05, 3.63) is 32.7 Å². The molecule has 1 amide bonds. The molecular weight excluding hydrogens is 348 g/mol. The number of hydrogen-bond donors (Lipinski definition) is 1. The molecule has 0 bridgehead atoms. The first-order valence-corrected chi connectivity index (χ1v) is 6.70. The van der Waals surface area contributed by atoms with Crippen LogP contribution in [0.4, 0.5) is 0 Å². The maximum absolute atomic E-state index is 12.0. The van der Waals surface area contributed by atoms with Crippen molar-refractivity contribution in [2.45, 2.75) is 19.9 Å². The highest BCUT2D eigenvalue weighted by Crippen LogP contribution is 2.21. The molecule has 1 N–H and O–H groups in total. The Labute approximate surface area is 117 Å². The largest absolute Gasteiger partial charge is 0.336 e. The lowest BCUT2D eigenvalue weighted by Crippen LogP contribution is -2.37. The fourth-order valence-corrected chi connectivity index (χ4v) is 2.03. The van der Waals surface area contributed by atoms with Crippen molar-refractivity contribution in [3.8, 4) is 6.07 Å². The number of nitriles is 1. The van der Waals surface area contributed by atoms with E-state index < -0.39 is 6.04 Å². The summed E-state index contributed by atoms with van der Waals surface area (Å²) in [7, 11) is 0. The van der Waals surface area contributed by atoms with E-state index in [0.29, 0.717) is 10.0 Å². The molecule has 1 aromatic carbocycles. The molecule has 1 atom stereocenters. The Bertz CT molecular complexity index is 466. The van der Waals surface area contributed by atoms with Crippen LogP contribution in [-0.4, -0.2) is 11.9 Å². The van der Waals surface area contributed by atoms with Gasteiger partial charge in [-0.25, -0.2) is 0 Å². The van der Waals surface area contributed by atoms with Gasteiger partial charge in [0.15, 0.2) is 0 Å². The number of benzene rings is 1. The van der Waals surface area contributed by atoms with Crippen LogP contribution < -0.4 is 5.32 Å². The van der Waals surface area contributed by atoms with Gasteiger partial charge in [0.05, 0.1) is 11.6 Å². The summed E-state index contributed by atoms with van der Waals surface area (Å²) < 4.78 is 1.53. The fraction of sp³-hybridized carbons (Fsp3) is 0.333. The van der Waals surface area contributed by atoms with Crippen molar-refractivity contribution >= 4 is 37.8 Å². The van der Waals surface area contributed by atoms with E-state index >= 15 is 0 Å². The van der Waals surface area contributed by atoms with Crippen LogP contribution in [-0.2, 0) is 0 Å². The van der Waals surface area contributed by atoms with Crippen molar-refractivity contribution in [1.29, 1.82) is 5.26 Å². The summed E-state index contributed by atoms with van der Waals surface area (Å²) in [6.45, 7) is 3.79. The highest BCUT2D eigenvalue weighted by Gasteiger charge is 2.18. The molecule has 0 saturated carbocycles. The van der Waals surface area contributed by atoms with Gasteiger partial charge >= 0.3 is 0 Å².